The summed E-state index contributed by atoms with van der Waals surface area (Å²) in [5.41, 5.74) is 0. The van der Waals surface area contributed by atoms with E-state index in [0.29, 0.717) is 12.3 Å². The van der Waals surface area contributed by atoms with Crippen molar-refractivity contribution < 1.29 is 18.7 Å². The van der Waals surface area contributed by atoms with E-state index in [4.69, 9.17) is 9.15 Å². The normalized spacial score (nSPS) is 10.7. The van der Waals surface area contributed by atoms with Crippen molar-refractivity contribution in [1.29, 1.82) is 0 Å². The van der Waals surface area contributed by atoms with Crippen molar-refractivity contribution in [2.75, 3.05) is 19.4 Å². The lowest BCUT2D eigenvalue weighted by Crippen LogP contribution is -2.30. The molecular formula is C20H19NO4S. The smallest absolute Gasteiger partial charge is 0.316 e. The molecule has 0 radical (unpaired) electrons. The molecule has 3 aromatic rings. The van der Waals surface area contributed by atoms with Crippen molar-refractivity contribution in [2.45, 2.75) is 11.4 Å². The van der Waals surface area contributed by atoms with E-state index in [9.17, 15) is 9.59 Å². The molecule has 1 amide bonds. The third kappa shape index (κ3) is 4.89. The van der Waals surface area contributed by atoms with E-state index in [0.717, 1.165) is 15.7 Å². The number of esters is 1. The summed E-state index contributed by atoms with van der Waals surface area (Å²) < 4.78 is 10.3. The highest BCUT2D eigenvalue weighted by molar-refractivity contribution is 8.00. The fourth-order valence-corrected chi connectivity index (χ4v) is 3.16. The Balaban J connectivity index is 1.43. The van der Waals surface area contributed by atoms with Gasteiger partial charge in [-0.2, -0.15) is 0 Å². The van der Waals surface area contributed by atoms with Crippen LogP contribution in [0.3, 0.4) is 0 Å². The summed E-state index contributed by atoms with van der Waals surface area (Å²) in [4.78, 5) is 26.3. The molecule has 26 heavy (non-hydrogen) atoms. The van der Waals surface area contributed by atoms with Gasteiger partial charge in [-0.25, -0.2) is 0 Å². The van der Waals surface area contributed by atoms with Gasteiger partial charge in [0.1, 0.15) is 5.76 Å². The molecule has 0 aliphatic carbocycles. The predicted molar refractivity (Wildman–Crippen MR) is 101 cm³/mol. The molecule has 3 rings (SSSR count). The van der Waals surface area contributed by atoms with E-state index in [1.54, 1.807) is 25.4 Å². The first-order chi connectivity index (χ1) is 12.6. The lowest BCUT2D eigenvalue weighted by atomic mass is 10.1. The minimum atomic E-state index is -0.414. The average Bonchev–Trinajstić information content (AvgIpc) is 3.17. The third-order valence-corrected chi connectivity index (χ3v) is 4.80. The number of carbonyl (C=O) groups excluding carboxylic acids is 2. The lowest BCUT2D eigenvalue weighted by molar-refractivity contribution is -0.149. The summed E-state index contributed by atoms with van der Waals surface area (Å²) in [6.07, 6.45) is 1.55. The van der Waals surface area contributed by atoms with E-state index >= 15 is 0 Å². The second-order valence-electron chi connectivity index (χ2n) is 5.79. The Morgan fingerprint density at radius 2 is 1.88 bits per heavy atom. The molecule has 0 saturated carbocycles. The standard InChI is InChI=1S/C20H19NO4S/c1-21(12-17-7-4-10-24-17)19(22)13-25-20(23)14-26-18-9-8-15-5-2-3-6-16(15)11-18/h2-11H,12-14H2,1H3. The van der Waals surface area contributed by atoms with Gasteiger partial charge in [0.15, 0.2) is 6.61 Å². The molecular weight excluding hydrogens is 350 g/mol. The minimum absolute atomic E-state index is 0.160. The number of hydrogen-bond donors (Lipinski definition) is 0. The van der Waals surface area contributed by atoms with Crippen LogP contribution < -0.4 is 0 Å². The molecule has 0 saturated heterocycles. The van der Waals surface area contributed by atoms with E-state index in [1.807, 2.05) is 42.5 Å². The Labute approximate surface area is 155 Å². The van der Waals surface area contributed by atoms with Gasteiger partial charge < -0.3 is 14.1 Å². The SMILES string of the molecule is CN(Cc1ccco1)C(=O)COC(=O)CSc1ccc2ccccc2c1. The Morgan fingerprint density at radius 1 is 1.08 bits per heavy atom. The highest BCUT2D eigenvalue weighted by Crippen LogP contribution is 2.23. The van der Waals surface area contributed by atoms with Gasteiger partial charge in [0, 0.05) is 11.9 Å². The van der Waals surface area contributed by atoms with Crippen LogP contribution in [0.15, 0.2) is 70.2 Å². The molecule has 0 aliphatic heterocycles. The number of thioether (sulfide) groups is 1. The number of likely N-dealkylation sites (N-methyl/N-ethyl adjacent to an activating group) is 1. The average molecular weight is 369 g/mol. The van der Waals surface area contributed by atoms with Gasteiger partial charge >= 0.3 is 5.97 Å². The molecule has 0 unspecified atom stereocenters. The van der Waals surface area contributed by atoms with Crippen LogP contribution in [0.25, 0.3) is 10.8 Å². The number of amides is 1. The van der Waals surface area contributed by atoms with Crippen LogP contribution in [0, 0.1) is 0 Å². The summed E-state index contributed by atoms with van der Waals surface area (Å²) in [5, 5.41) is 2.28. The number of fused-ring (bicyclic) bond motifs is 1. The fourth-order valence-electron chi connectivity index (χ4n) is 2.42. The van der Waals surface area contributed by atoms with Gasteiger partial charge in [0.2, 0.25) is 0 Å². The molecule has 2 aromatic carbocycles. The van der Waals surface area contributed by atoms with E-state index in [-0.39, 0.29) is 18.3 Å². The van der Waals surface area contributed by atoms with Crippen molar-refractivity contribution in [3.05, 3.63) is 66.6 Å². The van der Waals surface area contributed by atoms with Crippen LogP contribution in [-0.4, -0.2) is 36.2 Å². The molecule has 0 fully saturated rings. The van der Waals surface area contributed by atoms with Crippen molar-refractivity contribution in [2.24, 2.45) is 0 Å². The highest BCUT2D eigenvalue weighted by Gasteiger charge is 2.13. The number of hydrogen-bond acceptors (Lipinski definition) is 5. The molecule has 0 atom stereocenters. The van der Waals surface area contributed by atoms with Crippen molar-refractivity contribution in [3.8, 4) is 0 Å². The first-order valence-electron chi connectivity index (χ1n) is 8.15. The summed E-state index contributed by atoms with van der Waals surface area (Å²) in [7, 11) is 1.64. The number of benzene rings is 2. The maximum absolute atomic E-state index is 12.0. The molecule has 0 spiro atoms. The number of ether oxygens (including phenoxy) is 1. The first-order valence-corrected chi connectivity index (χ1v) is 9.14. The Kier molecular flexibility index (Phi) is 5.96. The molecule has 1 heterocycles. The topological polar surface area (TPSA) is 59.8 Å². The van der Waals surface area contributed by atoms with Crippen LogP contribution in [0.2, 0.25) is 0 Å². The number of carbonyl (C=O) groups is 2. The second-order valence-corrected chi connectivity index (χ2v) is 6.84. The van der Waals surface area contributed by atoms with Crippen LogP contribution >= 0.6 is 11.8 Å². The molecule has 0 bridgehead atoms. The Hall–Kier alpha value is -2.73. The van der Waals surface area contributed by atoms with Gasteiger partial charge in [-0.1, -0.05) is 30.3 Å². The van der Waals surface area contributed by atoms with E-state index in [1.165, 1.54) is 16.7 Å². The van der Waals surface area contributed by atoms with Crippen molar-refractivity contribution >= 4 is 34.4 Å². The maximum Gasteiger partial charge on any atom is 0.316 e. The molecule has 5 nitrogen and oxygen atoms in total. The molecule has 0 aliphatic rings. The van der Waals surface area contributed by atoms with E-state index < -0.39 is 5.97 Å². The highest BCUT2D eigenvalue weighted by atomic mass is 32.2. The first kappa shape index (κ1) is 18.1. The molecule has 0 N–H and O–H groups in total. The van der Waals surface area contributed by atoms with Gasteiger partial charge in [-0.3, -0.25) is 9.59 Å². The van der Waals surface area contributed by atoms with Gasteiger partial charge in [-0.05, 0) is 35.0 Å². The Bertz CT molecular complexity index is 892. The number of nitrogens with zero attached hydrogens (tertiary/aromatic N) is 1. The maximum atomic E-state index is 12.0. The summed E-state index contributed by atoms with van der Waals surface area (Å²) in [5.74, 6) is 0.153. The lowest BCUT2D eigenvalue weighted by Gasteiger charge is -2.15. The quantitative estimate of drug-likeness (QED) is 0.469. The van der Waals surface area contributed by atoms with Crippen LogP contribution in [0.4, 0.5) is 0 Å². The second kappa shape index (κ2) is 8.58. The molecule has 6 heteroatoms. The zero-order valence-electron chi connectivity index (χ0n) is 14.4. The Morgan fingerprint density at radius 3 is 2.65 bits per heavy atom. The zero-order chi connectivity index (χ0) is 18.4. The molecule has 134 valence electrons. The summed E-state index contributed by atoms with van der Waals surface area (Å²) in [6.45, 7) is 0.0730. The van der Waals surface area contributed by atoms with E-state index in [2.05, 4.69) is 0 Å². The predicted octanol–water partition coefficient (Wildman–Crippen LogP) is 3.73. The molecule has 1 aromatic heterocycles. The number of rotatable bonds is 7. The number of furan rings is 1. The summed E-state index contributed by atoms with van der Waals surface area (Å²) in [6, 6.07) is 17.6. The largest absolute Gasteiger partial charge is 0.467 e. The van der Waals surface area contributed by atoms with Gasteiger partial charge in [-0.15, -0.1) is 11.8 Å². The fraction of sp³-hybridized carbons (Fsp3) is 0.200. The van der Waals surface area contributed by atoms with Crippen molar-refractivity contribution in [3.63, 3.8) is 0 Å². The minimum Gasteiger partial charge on any atom is -0.467 e. The zero-order valence-corrected chi connectivity index (χ0v) is 15.2. The monoisotopic (exact) mass is 369 g/mol. The van der Waals surface area contributed by atoms with Crippen molar-refractivity contribution in [1.82, 2.24) is 4.90 Å². The van der Waals surface area contributed by atoms with Crippen LogP contribution in [-0.2, 0) is 20.9 Å². The van der Waals surface area contributed by atoms with Gasteiger partial charge in [0.25, 0.3) is 5.91 Å². The third-order valence-electron chi connectivity index (χ3n) is 3.83. The summed E-state index contributed by atoms with van der Waals surface area (Å²) >= 11 is 1.39. The van der Waals surface area contributed by atoms with Crippen LogP contribution in [0.1, 0.15) is 5.76 Å². The van der Waals surface area contributed by atoms with Crippen LogP contribution in [0.5, 0.6) is 0 Å². The van der Waals surface area contributed by atoms with Gasteiger partial charge in [0.05, 0.1) is 18.6 Å².